The van der Waals surface area contributed by atoms with E-state index in [9.17, 15) is 0 Å². The molecule has 2 aromatic heterocycles. The first-order valence-corrected chi connectivity index (χ1v) is 22.4. The van der Waals surface area contributed by atoms with Gasteiger partial charge < -0.3 is 0 Å². The van der Waals surface area contributed by atoms with E-state index in [2.05, 4.69) is 140 Å². The Kier molecular flexibility index (Phi) is 7.84. The van der Waals surface area contributed by atoms with Gasteiger partial charge in [0.15, 0.2) is 0 Å². The Bertz CT molecular complexity index is 1920. The van der Waals surface area contributed by atoms with Crippen molar-refractivity contribution in [3.63, 3.8) is 0 Å². The number of aromatic nitrogens is 2. The van der Waals surface area contributed by atoms with Crippen LogP contribution in [0.25, 0.3) is 33.6 Å². The topological polar surface area (TPSA) is 35.0 Å². The molecule has 0 spiro atoms. The Hall–Kier alpha value is -3.70. The van der Waals surface area contributed by atoms with Gasteiger partial charge >= 0.3 is 229 Å². The Labute approximate surface area is 272 Å². The van der Waals surface area contributed by atoms with Crippen molar-refractivity contribution in [1.29, 1.82) is 0 Å². The summed E-state index contributed by atoms with van der Waals surface area (Å²) in [4.78, 5) is 9.73. The molecule has 0 saturated carbocycles. The second-order valence-corrected chi connectivity index (χ2v) is 24.8. The summed E-state index contributed by atoms with van der Waals surface area (Å²) in [6, 6.07) is 26.7. The van der Waals surface area contributed by atoms with E-state index >= 15 is 0 Å². The molecule has 1 aliphatic rings. The summed E-state index contributed by atoms with van der Waals surface area (Å²) in [5, 5.41) is 0. The third-order valence-electron chi connectivity index (χ3n) is 8.92. The van der Waals surface area contributed by atoms with Gasteiger partial charge in [0.2, 0.25) is 0 Å². The van der Waals surface area contributed by atoms with E-state index in [1.165, 1.54) is 26.6 Å². The first-order valence-electron chi connectivity index (χ1n) is 16.1. The maximum atomic E-state index is 6.61. The van der Waals surface area contributed by atoms with Crippen LogP contribution in [0.4, 0.5) is 0 Å². The minimum absolute atomic E-state index is 0.0538. The molecule has 0 bridgehead atoms. The molecule has 0 N–H and O–H groups in total. The number of hydrogen-bond donors (Lipinski definition) is 0. The Balaban J connectivity index is 1.38. The SMILES string of the molecule is Cc1cc(Oc2cc(C)cc(-c3ncc[c]4c3-c3ccc(CC(C)(C)C)c[c]3[Ge]4([CH3])[CH3])c2)cc(-c2cc(C(C)(C)C)ccn2)c1. The summed E-state index contributed by atoms with van der Waals surface area (Å²) in [5.41, 5.74) is 12.1. The number of rotatable bonds is 5. The van der Waals surface area contributed by atoms with Crippen LogP contribution in [0.3, 0.4) is 0 Å². The molecular weight excluding hydrogens is 609 g/mol. The molecule has 1 aliphatic heterocycles. The van der Waals surface area contributed by atoms with E-state index in [0.717, 1.165) is 51.6 Å². The summed E-state index contributed by atoms with van der Waals surface area (Å²) >= 11 is -2.50. The van der Waals surface area contributed by atoms with Crippen molar-refractivity contribution in [1.82, 2.24) is 9.97 Å². The molecule has 3 heterocycles. The van der Waals surface area contributed by atoms with Crippen LogP contribution in [0.1, 0.15) is 63.8 Å². The van der Waals surface area contributed by atoms with Crippen molar-refractivity contribution in [2.75, 3.05) is 0 Å². The quantitative estimate of drug-likeness (QED) is 0.177. The van der Waals surface area contributed by atoms with Crippen molar-refractivity contribution < 1.29 is 4.74 Å². The molecular formula is C41H46GeN2O. The Morgan fingerprint density at radius 3 is 1.98 bits per heavy atom. The van der Waals surface area contributed by atoms with E-state index in [0.29, 0.717) is 0 Å². The zero-order valence-electron chi connectivity index (χ0n) is 28.6. The molecule has 5 aromatic rings. The summed E-state index contributed by atoms with van der Waals surface area (Å²) in [5.74, 6) is 6.68. The van der Waals surface area contributed by atoms with Gasteiger partial charge in [0.05, 0.1) is 0 Å². The van der Waals surface area contributed by atoms with E-state index in [4.69, 9.17) is 14.7 Å². The summed E-state index contributed by atoms with van der Waals surface area (Å²) in [6.45, 7) is 17.9. The number of benzene rings is 3. The normalized spacial score (nSPS) is 13.8. The maximum absolute atomic E-state index is 6.61. The van der Waals surface area contributed by atoms with Crippen molar-refractivity contribution in [3.8, 4) is 45.1 Å². The van der Waals surface area contributed by atoms with Crippen LogP contribution in [0.5, 0.6) is 11.5 Å². The first kappa shape index (κ1) is 31.3. The number of hydrogen-bond acceptors (Lipinski definition) is 3. The van der Waals surface area contributed by atoms with Gasteiger partial charge in [-0.15, -0.1) is 0 Å². The number of pyridine rings is 2. The van der Waals surface area contributed by atoms with Gasteiger partial charge in [0, 0.05) is 6.20 Å². The second-order valence-electron chi connectivity index (χ2n) is 15.7. The van der Waals surface area contributed by atoms with Crippen LogP contribution in [0.15, 0.2) is 85.2 Å². The molecule has 0 radical (unpaired) electrons. The molecule has 45 heavy (non-hydrogen) atoms. The number of nitrogens with zero attached hydrogens (tertiary/aromatic N) is 2. The fourth-order valence-electron chi connectivity index (χ4n) is 6.76. The van der Waals surface area contributed by atoms with E-state index in [1.54, 1.807) is 4.40 Å². The molecule has 0 atom stereocenters. The third-order valence-corrected chi connectivity index (χ3v) is 16.3. The van der Waals surface area contributed by atoms with Crippen molar-refractivity contribution in [3.05, 3.63) is 107 Å². The zero-order chi connectivity index (χ0) is 32.3. The van der Waals surface area contributed by atoms with Gasteiger partial charge in [0.1, 0.15) is 0 Å². The predicted octanol–water partition coefficient (Wildman–Crippen LogP) is 9.91. The molecule has 230 valence electrons. The van der Waals surface area contributed by atoms with Gasteiger partial charge in [-0.25, -0.2) is 0 Å². The monoisotopic (exact) mass is 656 g/mol. The van der Waals surface area contributed by atoms with E-state index in [1.807, 2.05) is 12.4 Å². The van der Waals surface area contributed by atoms with Crippen LogP contribution in [0.2, 0.25) is 11.5 Å². The van der Waals surface area contributed by atoms with Crippen molar-refractivity contribution >= 4 is 22.1 Å². The van der Waals surface area contributed by atoms with E-state index < -0.39 is 13.3 Å². The summed E-state index contributed by atoms with van der Waals surface area (Å²) < 4.78 is 9.69. The van der Waals surface area contributed by atoms with Gasteiger partial charge in [-0.3, -0.25) is 0 Å². The second kappa shape index (κ2) is 11.3. The molecule has 0 fully saturated rings. The molecule has 0 aliphatic carbocycles. The average molecular weight is 655 g/mol. The fraction of sp³-hybridized carbons (Fsp3) is 0.317. The number of ether oxygens (including phenoxy) is 1. The summed E-state index contributed by atoms with van der Waals surface area (Å²) in [7, 11) is 0. The number of fused-ring (bicyclic) bond motifs is 3. The van der Waals surface area contributed by atoms with E-state index in [-0.39, 0.29) is 10.8 Å². The first-order chi connectivity index (χ1) is 21.1. The standard InChI is InChI=1S/C41H46GeN2O/c1-26-17-29(37-24-31(13-15-43-37)41(6,7)8)22-32(19-26)45-33-20-27(2)18-30(23-33)39-38-34-12-11-28(25-40(3,4)5)21-36(34)42(9,10)35(38)14-16-44-39/h11-24H,25H2,1-10H3. The molecule has 3 nitrogen and oxygen atoms in total. The molecule has 3 aromatic carbocycles. The van der Waals surface area contributed by atoms with Crippen molar-refractivity contribution in [2.45, 2.75) is 78.7 Å². The molecule has 6 rings (SSSR count). The van der Waals surface area contributed by atoms with Crippen LogP contribution in [-0.4, -0.2) is 23.2 Å². The van der Waals surface area contributed by atoms with Gasteiger partial charge in [-0.05, 0) is 17.0 Å². The molecule has 0 amide bonds. The van der Waals surface area contributed by atoms with Gasteiger partial charge in [-0.2, -0.15) is 0 Å². The molecule has 0 unspecified atom stereocenters. The Morgan fingerprint density at radius 1 is 0.667 bits per heavy atom. The zero-order valence-corrected chi connectivity index (χ0v) is 30.7. The van der Waals surface area contributed by atoms with Gasteiger partial charge in [0.25, 0.3) is 0 Å². The number of aryl methyl sites for hydroxylation is 2. The molecule has 4 heteroatoms. The van der Waals surface area contributed by atoms with Crippen LogP contribution in [0, 0.1) is 19.3 Å². The third kappa shape index (κ3) is 6.38. The van der Waals surface area contributed by atoms with Crippen LogP contribution >= 0.6 is 0 Å². The fourth-order valence-corrected chi connectivity index (χ4v) is 13.2. The predicted molar refractivity (Wildman–Crippen MR) is 193 cm³/mol. The van der Waals surface area contributed by atoms with Crippen LogP contribution < -0.4 is 13.5 Å². The Morgan fingerprint density at radius 2 is 1.31 bits per heavy atom. The average Bonchev–Trinajstić information content (AvgIpc) is 3.17. The minimum atomic E-state index is -2.50. The molecule has 0 saturated heterocycles. The summed E-state index contributed by atoms with van der Waals surface area (Å²) in [6.07, 6.45) is 5.00. The van der Waals surface area contributed by atoms with Crippen LogP contribution in [-0.2, 0) is 11.8 Å². The van der Waals surface area contributed by atoms with Crippen molar-refractivity contribution in [2.24, 2.45) is 5.41 Å². The van der Waals surface area contributed by atoms with Gasteiger partial charge in [-0.1, -0.05) is 20.8 Å².